The molecule has 0 aliphatic carbocycles. The van der Waals surface area contributed by atoms with E-state index in [0.29, 0.717) is 0 Å². The van der Waals surface area contributed by atoms with E-state index in [2.05, 4.69) is 39.0 Å². The van der Waals surface area contributed by atoms with Gasteiger partial charge in [0, 0.05) is 24.8 Å². The zero-order valence-electron chi connectivity index (χ0n) is 5.47. The van der Waals surface area contributed by atoms with Crippen molar-refractivity contribution in [2.75, 3.05) is 5.33 Å². The summed E-state index contributed by atoms with van der Waals surface area (Å²) < 4.78 is 2.07. The molecule has 1 rings (SSSR count). The lowest BCUT2D eigenvalue weighted by atomic mass is 10.3. The van der Waals surface area contributed by atoms with Gasteiger partial charge < -0.3 is 4.57 Å². The van der Waals surface area contributed by atoms with Crippen LogP contribution in [0, 0.1) is 0 Å². The highest BCUT2D eigenvalue weighted by Crippen LogP contribution is 2.01. The van der Waals surface area contributed by atoms with Crippen LogP contribution in [0.5, 0.6) is 0 Å². The van der Waals surface area contributed by atoms with Gasteiger partial charge in [-0.15, -0.1) is 0 Å². The van der Waals surface area contributed by atoms with Crippen molar-refractivity contribution in [3.8, 4) is 0 Å². The summed E-state index contributed by atoms with van der Waals surface area (Å²) in [5, 5.41) is 1.05. The average Bonchev–Trinajstić information content (AvgIpc) is 2.17. The molecule has 0 unspecified atom stereocenters. The molecule has 0 amide bonds. The Morgan fingerprint density at radius 1 is 1.67 bits per heavy atom. The maximum atomic E-state index is 3.39. The molecule has 9 heavy (non-hydrogen) atoms. The van der Waals surface area contributed by atoms with Crippen molar-refractivity contribution < 1.29 is 0 Å². The quantitative estimate of drug-likeness (QED) is 0.625. The molecule has 1 aromatic heterocycles. The molecule has 0 saturated carbocycles. The Labute approximate surface area is 63.8 Å². The van der Waals surface area contributed by atoms with Gasteiger partial charge in [0.25, 0.3) is 0 Å². The van der Waals surface area contributed by atoms with E-state index >= 15 is 0 Å². The van der Waals surface area contributed by atoms with Crippen LogP contribution in [0.25, 0.3) is 0 Å². The first-order valence-corrected chi connectivity index (χ1v) is 4.12. The van der Waals surface area contributed by atoms with Crippen molar-refractivity contribution in [3.63, 3.8) is 0 Å². The number of aryl methyl sites for hydroxylation is 2. The van der Waals surface area contributed by atoms with Gasteiger partial charge in [-0.05, 0) is 18.1 Å². The van der Waals surface area contributed by atoms with Crippen molar-refractivity contribution in [1.29, 1.82) is 0 Å². The van der Waals surface area contributed by atoms with Crippen LogP contribution in [0.2, 0.25) is 0 Å². The van der Waals surface area contributed by atoms with Crippen LogP contribution in [-0.2, 0) is 13.5 Å². The summed E-state index contributed by atoms with van der Waals surface area (Å²) in [6.45, 7) is 0. The second-order valence-corrected chi connectivity index (χ2v) is 2.92. The van der Waals surface area contributed by atoms with E-state index in [4.69, 9.17) is 0 Å². The van der Waals surface area contributed by atoms with Crippen molar-refractivity contribution >= 4 is 15.9 Å². The van der Waals surface area contributed by atoms with Crippen LogP contribution < -0.4 is 0 Å². The summed E-state index contributed by atoms with van der Waals surface area (Å²) in [7, 11) is 2.04. The third kappa shape index (κ3) is 1.86. The summed E-state index contributed by atoms with van der Waals surface area (Å²) in [5.74, 6) is 0. The van der Waals surface area contributed by atoms with E-state index in [1.807, 2.05) is 7.05 Å². The van der Waals surface area contributed by atoms with Crippen molar-refractivity contribution in [3.05, 3.63) is 24.0 Å². The monoisotopic (exact) mass is 187 g/mol. The van der Waals surface area contributed by atoms with E-state index in [1.165, 1.54) is 5.56 Å². The van der Waals surface area contributed by atoms with Crippen molar-refractivity contribution in [2.45, 2.75) is 6.42 Å². The van der Waals surface area contributed by atoms with Crippen LogP contribution in [0.1, 0.15) is 5.56 Å². The summed E-state index contributed by atoms with van der Waals surface area (Å²) >= 11 is 3.39. The second-order valence-electron chi connectivity index (χ2n) is 2.12. The van der Waals surface area contributed by atoms with Crippen molar-refractivity contribution in [1.82, 2.24) is 4.57 Å². The van der Waals surface area contributed by atoms with Gasteiger partial charge in [-0.25, -0.2) is 0 Å². The fourth-order valence-corrected chi connectivity index (χ4v) is 1.28. The molecule has 1 heterocycles. The molecule has 0 saturated heterocycles. The lowest BCUT2D eigenvalue weighted by Crippen LogP contribution is -1.82. The molecular weight excluding hydrogens is 178 g/mol. The molecule has 50 valence electrons. The molecular formula is C7H10BrN. The molecule has 1 aromatic rings. The molecule has 0 radical (unpaired) electrons. The molecule has 0 spiro atoms. The Hall–Kier alpha value is -0.240. The molecule has 0 N–H and O–H groups in total. The Balaban J connectivity index is 2.61. The lowest BCUT2D eigenvalue weighted by Gasteiger charge is -1.87. The predicted molar refractivity (Wildman–Crippen MR) is 42.9 cm³/mol. The van der Waals surface area contributed by atoms with E-state index in [1.54, 1.807) is 0 Å². The topological polar surface area (TPSA) is 4.93 Å². The number of aromatic nitrogens is 1. The number of alkyl halides is 1. The normalized spacial score (nSPS) is 10.0. The Morgan fingerprint density at radius 2 is 2.44 bits per heavy atom. The molecule has 0 bridgehead atoms. The predicted octanol–water partition coefficient (Wildman–Crippen LogP) is 1.96. The highest BCUT2D eigenvalue weighted by atomic mass is 79.9. The van der Waals surface area contributed by atoms with Gasteiger partial charge in [-0.1, -0.05) is 15.9 Å². The summed E-state index contributed by atoms with van der Waals surface area (Å²) in [6.07, 6.45) is 5.33. The standard InChI is InChI=1S/C7H10BrN/c1-9-5-3-7(6-9)2-4-8/h3,5-6H,2,4H2,1H3. The third-order valence-corrected chi connectivity index (χ3v) is 1.67. The van der Waals surface area contributed by atoms with Crippen LogP contribution in [0.4, 0.5) is 0 Å². The summed E-state index contributed by atoms with van der Waals surface area (Å²) in [4.78, 5) is 0. The van der Waals surface area contributed by atoms with Gasteiger partial charge in [0.1, 0.15) is 0 Å². The van der Waals surface area contributed by atoms with E-state index in [9.17, 15) is 0 Å². The minimum atomic E-state index is 1.05. The molecule has 0 aliphatic rings. The number of nitrogens with zero attached hydrogens (tertiary/aromatic N) is 1. The fraction of sp³-hybridized carbons (Fsp3) is 0.429. The van der Waals surface area contributed by atoms with E-state index in [-0.39, 0.29) is 0 Å². The first-order valence-electron chi connectivity index (χ1n) is 3.00. The van der Waals surface area contributed by atoms with Gasteiger partial charge >= 0.3 is 0 Å². The van der Waals surface area contributed by atoms with Gasteiger partial charge in [0.2, 0.25) is 0 Å². The van der Waals surface area contributed by atoms with Crippen LogP contribution in [0.3, 0.4) is 0 Å². The molecule has 0 aliphatic heterocycles. The van der Waals surface area contributed by atoms with E-state index < -0.39 is 0 Å². The number of halogens is 1. The zero-order valence-corrected chi connectivity index (χ0v) is 7.06. The van der Waals surface area contributed by atoms with Gasteiger partial charge in [-0.2, -0.15) is 0 Å². The van der Waals surface area contributed by atoms with E-state index in [0.717, 1.165) is 11.8 Å². The maximum absolute atomic E-state index is 3.39. The first kappa shape index (κ1) is 6.87. The first-order chi connectivity index (χ1) is 4.33. The Kier molecular flexibility index (Phi) is 2.34. The Bertz CT molecular complexity index is 181. The largest absolute Gasteiger partial charge is 0.357 e. The number of hydrogen-bond donors (Lipinski definition) is 0. The van der Waals surface area contributed by atoms with Gasteiger partial charge in [0.05, 0.1) is 0 Å². The second kappa shape index (κ2) is 3.06. The molecule has 2 heteroatoms. The minimum absolute atomic E-state index is 1.05. The fourth-order valence-electron chi connectivity index (χ4n) is 0.818. The lowest BCUT2D eigenvalue weighted by molar-refractivity contribution is 0.920. The third-order valence-electron chi connectivity index (χ3n) is 1.28. The summed E-state index contributed by atoms with van der Waals surface area (Å²) in [6, 6.07) is 2.14. The number of rotatable bonds is 2. The highest BCUT2D eigenvalue weighted by molar-refractivity contribution is 9.09. The molecule has 0 fully saturated rings. The minimum Gasteiger partial charge on any atom is -0.357 e. The van der Waals surface area contributed by atoms with Crippen LogP contribution >= 0.6 is 15.9 Å². The summed E-state index contributed by atoms with van der Waals surface area (Å²) in [5.41, 5.74) is 1.40. The van der Waals surface area contributed by atoms with Gasteiger partial charge in [-0.3, -0.25) is 0 Å². The SMILES string of the molecule is Cn1ccc(CCBr)c1. The molecule has 0 aromatic carbocycles. The smallest absolute Gasteiger partial charge is 0.0106 e. The van der Waals surface area contributed by atoms with Gasteiger partial charge in [0.15, 0.2) is 0 Å². The highest BCUT2D eigenvalue weighted by Gasteiger charge is 1.90. The van der Waals surface area contributed by atoms with Crippen molar-refractivity contribution in [2.24, 2.45) is 7.05 Å². The zero-order chi connectivity index (χ0) is 6.69. The van der Waals surface area contributed by atoms with Crippen LogP contribution in [-0.4, -0.2) is 9.90 Å². The Morgan fingerprint density at radius 3 is 2.89 bits per heavy atom. The number of hydrogen-bond acceptors (Lipinski definition) is 0. The maximum Gasteiger partial charge on any atom is 0.0106 e. The molecule has 0 atom stereocenters. The van der Waals surface area contributed by atoms with Crippen LogP contribution in [0.15, 0.2) is 18.5 Å². The average molecular weight is 188 g/mol. The molecule has 1 nitrogen and oxygen atoms in total.